The van der Waals surface area contributed by atoms with Crippen molar-refractivity contribution in [2.45, 2.75) is 25.9 Å². The number of rotatable bonds is 7. The lowest BCUT2D eigenvalue weighted by atomic mass is 10.0. The minimum Gasteiger partial charge on any atom is -0.383 e. The summed E-state index contributed by atoms with van der Waals surface area (Å²) in [6.45, 7) is 3.46. The lowest BCUT2D eigenvalue weighted by Gasteiger charge is -2.17. The first kappa shape index (κ1) is 14.5. The third-order valence-corrected chi connectivity index (χ3v) is 3.18. The first-order valence-electron chi connectivity index (χ1n) is 6.76. The van der Waals surface area contributed by atoms with Gasteiger partial charge in [-0.2, -0.15) is 5.10 Å². The maximum Gasteiger partial charge on any atom is 0.123 e. The largest absolute Gasteiger partial charge is 0.383 e. The van der Waals surface area contributed by atoms with E-state index in [0.717, 1.165) is 24.2 Å². The molecule has 4 nitrogen and oxygen atoms in total. The first-order valence-corrected chi connectivity index (χ1v) is 6.76. The van der Waals surface area contributed by atoms with Crippen molar-refractivity contribution in [1.82, 2.24) is 9.78 Å². The number of halogens is 1. The average molecular weight is 277 g/mol. The van der Waals surface area contributed by atoms with E-state index < -0.39 is 0 Å². The summed E-state index contributed by atoms with van der Waals surface area (Å²) < 4.78 is 19.8. The number of nitrogens with zero attached hydrogens (tertiary/aromatic N) is 2. The molecule has 1 unspecified atom stereocenters. The molecule has 20 heavy (non-hydrogen) atoms. The van der Waals surface area contributed by atoms with Crippen LogP contribution in [0, 0.1) is 5.82 Å². The van der Waals surface area contributed by atoms with Crippen LogP contribution in [0.15, 0.2) is 36.7 Å². The van der Waals surface area contributed by atoms with Crippen molar-refractivity contribution in [3.8, 4) is 0 Å². The molecule has 0 fully saturated rings. The summed E-state index contributed by atoms with van der Waals surface area (Å²) in [5.41, 5.74) is 2.02. The second-order valence-corrected chi connectivity index (χ2v) is 4.64. The lowest BCUT2D eigenvalue weighted by molar-refractivity contribution is 0.183. The molecule has 0 spiro atoms. The first-order chi connectivity index (χ1) is 9.72. The van der Waals surface area contributed by atoms with Gasteiger partial charge in [-0.15, -0.1) is 0 Å². The Bertz CT molecular complexity index is 524. The molecular weight excluding hydrogens is 257 g/mol. The van der Waals surface area contributed by atoms with Crippen molar-refractivity contribution in [1.29, 1.82) is 0 Å². The summed E-state index contributed by atoms with van der Waals surface area (Å²) in [4.78, 5) is 0. The zero-order valence-corrected chi connectivity index (χ0v) is 11.8. The van der Waals surface area contributed by atoms with Crippen molar-refractivity contribution in [2.24, 2.45) is 0 Å². The number of benzene rings is 1. The predicted molar refractivity (Wildman–Crippen MR) is 77.2 cm³/mol. The fraction of sp³-hybridized carbons (Fsp3) is 0.400. The van der Waals surface area contributed by atoms with E-state index in [2.05, 4.69) is 17.3 Å². The van der Waals surface area contributed by atoms with Crippen LogP contribution < -0.4 is 5.32 Å². The zero-order chi connectivity index (χ0) is 14.4. The number of ether oxygens (including phenoxy) is 1. The SMILES string of the molecule is CCC(Nc1cnn(CCOC)c1)c1ccc(F)cc1. The monoisotopic (exact) mass is 277 g/mol. The van der Waals surface area contributed by atoms with Crippen LogP contribution in [0.4, 0.5) is 10.1 Å². The Balaban J connectivity index is 2.02. The van der Waals surface area contributed by atoms with Gasteiger partial charge in [0.15, 0.2) is 0 Å². The maximum absolute atomic E-state index is 13.0. The molecule has 1 N–H and O–H groups in total. The highest BCUT2D eigenvalue weighted by Gasteiger charge is 2.10. The Morgan fingerprint density at radius 2 is 2.10 bits per heavy atom. The number of anilines is 1. The molecule has 0 bridgehead atoms. The van der Waals surface area contributed by atoms with E-state index in [-0.39, 0.29) is 11.9 Å². The molecule has 0 aliphatic carbocycles. The van der Waals surface area contributed by atoms with Gasteiger partial charge in [0, 0.05) is 13.3 Å². The highest BCUT2D eigenvalue weighted by Crippen LogP contribution is 2.22. The number of aromatic nitrogens is 2. The molecule has 0 saturated heterocycles. The van der Waals surface area contributed by atoms with Crippen molar-refractivity contribution >= 4 is 5.69 Å². The molecule has 2 rings (SSSR count). The molecule has 0 aliphatic heterocycles. The lowest BCUT2D eigenvalue weighted by Crippen LogP contribution is -2.09. The predicted octanol–water partition coefficient (Wildman–Crippen LogP) is 3.23. The van der Waals surface area contributed by atoms with E-state index >= 15 is 0 Å². The van der Waals surface area contributed by atoms with Crippen LogP contribution in [-0.4, -0.2) is 23.5 Å². The average Bonchev–Trinajstić information content (AvgIpc) is 2.91. The second-order valence-electron chi connectivity index (χ2n) is 4.64. The summed E-state index contributed by atoms with van der Waals surface area (Å²) in [5, 5.41) is 7.68. The summed E-state index contributed by atoms with van der Waals surface area (Å²) in [5.74, 6) is -0.212. The van der Waals surface area contributed by atoms with E-state index in [4.69, 9.17) is 4.74 Å². The summed E-state index contributed by atoms with van der Waals surface area (Å²) >= 11 is 0. The third kappa shape index (κ3) is 3.81. The standard InChI is InChI=1S/C15H20FN3O/c1-3-15(12-4-6-13(16)7-5-12)18-14-10-17-19(11-14)8-9-20-2/h4-7,10-11,15,18H,3,8-9H2,1-2H3. The Labute approximate surface area is 118 Å². The minimum atomic E-state index is -0.212. The Morgan fingerprint density at radius 3 is 2.75 bits per heavy atom. The molecule has 2 aromatic rings. The van der Waals surface area contributed by atoms with E-state index in [9.17, 15) is 4.39 Å². The maximum atomic E-state index is 13.0. The van der Waals surface area contributed by atoms with Crippen molar-refractivity contribution in [3.05, 3.63) is 48.0 Å². The van der Waals surface area contributed by atoms with Crippen molar-refractivity contribution in [2.75, 3.05) is 19.0 Å². The van der Waals surface area contributed by atoms with E-state index in [1.165, 1.54) is 12.1 Å². The van der Waals surface area contributed by atoms with Gasteiger partial charge in [-0.1, -0.05) is 19.1 Å². The van der Waals surface area contributed by atoms with Crippen LogP contribution in [0.3, 0.4) is 0 Å². The molecule has 1 aromatic heterocycles. The third-order valence-electron chi connectivity index (χ3n) is 3.18. The molecule has 0 aliphatic rings. The molecule has 0 radical (unpaired) electrons. The van der Waals surface area contributed by atoms with Gasteiger partial charge in [0.05, 0.1) is 31.1 Å². The van der Waals surface area contributed by atoms with Gasteiger partial charge < -0.3 is 10.1 Å². The van der Waals surface area contributed by atoms with Crippen LogP contribution in [0.2, 0.25) is 0 Å². The molecular formula is C15H20FN3O. The number of hydrogen-bond acceptors (Lipinski definition) is 3. The van der Waals surface area contributed by atoms with Crippen LogP contribution in [0.25, 0.3) is 0 Å². The smallest absolute Gasteiger partial charge is 0.123 e. The fourth-order valence-corrected chi connectivity index (χ4v) is 2.06. The van der Waals surface area contributed by atoms with Crippen LogP contribution in [0.1, 0.15) is 24.9 Å². The van der Waals surface area contributed by atoms with Gasteiger partial charge in [-0.3, -0.25) is 4.68 Å². The van der Waals surface area contributed by atoms with Crippen molar-refractivity contribution < 1.29 is 9.13 Å². The van der Waals surface area contributed by atoms with Crippen LogP contribution >= 0.6 is 0 Å². The molecule has 0 saturated carbocycles. The van der Waals surface area contributed by atoms with Gasteiger partial charge in [-0.25, -0.2) is 4.39 Å². The van der Waals surface area contributed by atoms with Gasteiger partial charge >= 0.3 is 0 Å². The highest BCUT2D eigenvalue weighted by atomic mass is 19.1. The molecule has 5 heteroatoms. The Kier molecular flexibility index (Phi) is 5.12. The Morgan fingerprint density at radius 1 is 1.35 bits per heavy atom. The fourth-order valence-electron chi connectivity index (χ4n) is 2.06. The summed E-state index contributed by atoms with van der Waals surface area (Å²) in [7, 11) is 1.67. The van der Waals surface area contributed by atoms with E-state index in [1.54, 1.807) is 13.3 Å². The zero-order valence-electron chi connectivity index (χ0n) is 11.8. The quantitative estimate of drug-likeness (QED) is 0.844. The van der Waals surface area contributed by atoms with Crippen molar-refractivity contribution in [3.63, 3.8) is 0 Å². The molecule has 1 aromatic carbocycles. The summed E-state index contributed by atoms with van der Waals surface area (Å²) in [6.07, 6.45) is 4.65. The summed E-state index contributed by atoms with van der Waals surface area (Å²) in [6, 6.07) is 6.75. The van der Waals surface area contributed by atoms with Gasteiger partial charge in [0.2, 0.25) is 0 Å². The second kappa shape index (κ2) is 7.05. The van der Waals surface area contributed by atoms with Crippen LogP contribution in [0.5, 0.6) is 0 Å². The number of hydrogen-bond donors (Lipinski definition) is 1. The minimum absolute atomic E-state index is 0.149. The highest BCUT2D eigenvalue weighted by molar-refractivity contribution is 5.41. The van der Waals surface area contributed by atoms with E-state index in [0.29, 0.717) is 6.61 Å². The van der Waals surface area contributed by atoms with E-state index in [1.807, 2.05) is 23.0 Å². The van der Waals surface area contributed by atoms with Gasteiger partial charge in [0.25, 0.3) is 0 Å². The van der Waals surface area contributed by atoms with Gasteiger partial charge in [0.1, 0.15) is 5.82 Å². The van der Waals surface area contributed by atoms with Gasteiger partial charge in [-0.05, 0) is 24.1 Å². The molecule has 1 atom stereocenters. The normalized spacial score (nSPS) is 12.3. The molecule has 0 amide bonds. The molecule has 108 valence electrons. The number of methoxy groups -OCH3 is 1. The molecule has 1 heterocycles. The topological polar surface area (TPSA) is 39.1 Å². The Hall–Kier alpha value is -1.88. The number of nitrogens with one attached hydrogen (secondary N) is 1. The van der Waals surface area contributed by atoms with Crippen LogP contribution in [-0.2, 0) is 11.3 Å².